The molecular weight excluding hydrogens is 248 g/mol. The third-order valence-corrected chi connectivity index (χ3v) is 5.68. The molecule has 2 nitrogen and oxygen atoms in total. The van der Waals surface area contributed by atoms with Gasteiger partial charge in [0.05, 0.1) is 13.2 Å². The van der Waals surface area contributed by atoms with Crippen molar-refractivity contribution in [1.29, 1.82) is 0 Å². The lowest BCUT2D eigenvalue weighted by Gasteiger charge is -2.45. The highest BCUT2D eigenvalue weighted by atomic mass is 16.5. The van der Waals surface area contributed by atoms with Gasteiger partial charge in [0, 0.05) is 0 Å². The number of aryl methyl sites for hydroxylation is 1. The second-order valence-electron chi connectivity index (χ2n) is 7.20. The van der Waals surface area contributed by atoms with Gasteiger partial charge in [-0.25, -0.2) is 0 Å². The molecule has 0 radical (unpaired) electrons. The molecule has 0 aromatic heterocycles. The fraction of sp³-hybridized carbons (Fsp3) is 0.667. The summed E-state index contributed by atoms with van der Waals surface area (Å²) < 4.78 is 5.34. The first-order valence-electron chi connectivity index (χ1n) is 7.88. The average Bonchev–Trinajstić information content (AvgIpc) is 2.57. The molecule has 2 aliphatic carbocycles. The van der Waals surface area contributed by atoms with Gasteiger partial charge in [-0.3, -0.25) is 0 Å². The van der Waals surface area contributed by atoms with E-state index in [0.29, 0.717) is 17.3 Å². The van der Waals surface area contributed by atoms with Crippen LogP contribution in [0.2, 0.25) is 0 Å². The number of hydrogen-bond acceptors (Lipinski definition) is 2. The number of methoxy groups -OCH3 is 1. The quantitative estimate of drug-likeness (QED) is 0.835. The van der Waals surface area contributed by atoms with E-state index < -0.39 is 0 Å². The van der Waals surface area contributed by atoms with Crippen molar-refractivity contribution in [3.05, 3.63) is 29.3 Å². The fourth-order valence-corrected chi connectivity index (χ4v) is 4.49. The number of hydrogen-bond donors (Lipinski definition) is 1. The van der Waals surface area contributed by atoms with Gasteiger partial charge >= 0.3 is 0 Å². The Bertz CT molecular complexity index is 492. The summed E-state index contributed by atoms with van der Waals surface area (Å²) in [6, 6.07) is 6.21. The number of ether oxygens (including phenoxy) is 1. The summed E-state index contributed by atoms with van der Waals surface area (Å²) in [4.78, 5) is 0. The Morgan fingerprint density at radius 2 is 2.05 bits per heavy atom. The molecule has 3 atom stereocenters. The second-order valence-corrected chi connectivity index (χ2v) is 7.20. The molecule has 2 heteroatoms. The first-order chi connectivity index (χ1) is 9.53. The van der Waals surface area contributed by atoms with Gasteiger partial charge in [-0.1, -0.05) is 26.3 Å². The molecule has 0 heterocycles. The summed E-state index contributed by atoms with van der Waals surface area (Å²) in [6.07, 6.45) is 5.65. The summed E-state index contributed by atoms with van der Waals surface area (Å²) in [5, 5.41) is 10.9. The first kappa shape index (κ1) is 13.9. The highest BCUT2D eigenvalue weighted by Crippen LogP contribution is 2.52. The summed E-state index contributed by atoms with van der Waals surface area (Å²) in [7, 11) is 1.69. The van der Waals surface area contributed by atoms with Gasteiger partial charge in [0.25, 0.3) is 0 Å². The summed E-state index contributed by atoms with van der Waals surface area (Å²) in [5.74, 6) is 1.90. The molecule has 1 unspecified atom stereocenters. The molecular formula is C18H26O2. The van der Waals surface area contributed by atoms with E-state index in [1.54, 1.807) is 7.11 Å². The monoisotopic (exact) mass is 274 g/mol. The van der Waals surface area contributed by atoms with Gasteiger partial charge in [0.1, 0.15) is 5.75 Å². The highest BCUT2D eigenvalue weighted by Gasteiger charge is 2.43. The van der Waals surface area contributed by atoms with Crippen LogP contribution in [0.1, 0.15) is 56.8 Å². The van der Waals surface area contributed by atoms with Gasteiger partial charge in [-0.05, 0) is 66.2 Å². The van der Waals surface area contributed by atoms with Gasteiger partial charge in [0.2, 0.25) is 0 Å². The lowest BCUT2D eigenvalue weighted by atomic mass is 9.61. The van der Waals surface area contributed by atoms with Crippen LogP contribution < -0.4 is 4.74 Å². The van der Waals surface area contributed by atoms with Crippen molar-refractivity contribution in [1.82, 2.24) is 0 Å². The van der Waals surface area contributed by atoms with Crippen LogP contribution in [0.15, 0.2) is 18.2 Å². The largest absolute Gasteiger partial charge is 0.497 e. The van der Waals surface area contributed by atoms with E-state index in [-0.39, 0.29) is 6.10 Å². The lowest BCUT2D eigenvalue weighted by Crippen LogP contribution is -2.37. The Balaban J connectivity index is 1.99. The van der Waals surface area contributed by atoms with Gasteiger partial charge < -0.3 is 9.84 Å². The molecule has 3 rings (SSSR count). The minimum absolute atomic E-state index is 0.327. The number of benzene rings is 1. The summed E-state index contributed by atoms with van der Waals surface area (Å²) in [6.45, 7) is 4.76. The zero-order valence-electron chi connectivity index (χ0n) is 12.9. The van der Waals surface area contributed by atoms with E-state index >= 15 is 0 Å². The molecule has 0 saturated heterocycles. The first-order valence-corrected chi connectivity index (χ1v) is 7.88. The SMILES string of the molecule is COc1ccc2c(c1)C(O)[C@@H]1CCCC(C)(C)[C@@H]1CC2. The molecule has 1 fully saturated rings. The maximum Gasteiger partial charge on any atom is 0.119 e. The van der Waals surface area contributed by atoms with Crippen LogP contribution in [0.25, 0.3) is 0 Å². The third-order valence-electron chi connectivity index (χ3n) is 5.68. The number of aliphatic hydroxyl groups is 1. The molecule has 0 aliphatic heterocycles. The lowest BCUT2D eigenvalue weighted by molar-refractivity contribution is -0.0132. The fourth-order valence-electron chi connectivity index (χ4n) is 4.49. The molecule has 110 valence electrons. The Kier molecular flexibility index (Phi) is 3.53. The van der Waals surface area contributed by atoms with Crippen LogP contribution in [-0.4, -0.2) is 12.2 Å². The van der Waals surface area contributed by atoms with Crippen LogP contribution >= 0.6 is 0 Å². The van der Waals surface area contributed by atoms with Crippen molar-refractivity contribution >= 4 is 0 Å². The highest BCUT2D eigenvalue weighted by molar-refractivity contribution is 5.38. The van der Waals surface area contributed by atoms with Crippen molar-refractivity contribution in [2.24, 2.45) is 17.3 Å². The number of aliphatic hydroxyl groups excluding tert-OH is 1. The molecule has 0 amide bonds. The molecule has 0 spiro atoms. The van der Waals surface area contributed by atoms with Crippen molar-refractivity contribution in [3.63, 3.8) is 0 Å². The topological polar surface area (TPSA) is 29.5 Å². The molecule has 1 aromatic rings. The van der Waals surface area contributed by atoms with E-state index in [2.05, 4.69) is 19.9 Å². The van der Waals surface area contributed by atoms with E-state index in [9.17, 15) is 5.11 Å². The predicted octanol–water partition coefficient (Wildman–Crippen LogP) is 4.12. The van der Waals surface area contributed by atoms with Crippen molar-refractivity contribution in [2.75, 3.05) is 7.11 Å². The molecule has 1 saturated carbocycles. The van der Waals surface area contributed by atoms with E-state index in [1.165, 1.54) is 24.8 Å². The van der Waals surface area contributed by atoms with E-state index in [0.717, 1.165) is 24.2 Å². The van der Waals surface area contributed by atoms with Gasteiger partial charge in [-0.2, -0.15) is 0 Å². The number of rotatable bonds is 1. The van der Waals surface area contributed by atoms with Gasteiger partial charge in [-0.15, -0.1) is 0 Å². The van der Waals surface area contributed by atoms with Gasteiger partial charge in [0.15, 0.2) is 0 Å². The van der Waals surface area contributed by atoms with Crippen LogP contribution in [0.4, 0.5) is 0 Å². The minimum atomic E-state index is -0.327. The van der Waals surface area contributed by atoms with E-state index in [4.69, 9.17) is 4.74 Å². The van der Waals surface area contributed by atoms with E-state index in [1.807, 2.05) is 12.1 Å². The maximum atomic E-state index is 10.9. The third kappa shape index (κ3) is 2.24. The zero-order valence-corrected chi connectivity index (χ0v) is 12.9. The van der Waals surface area contributed by atoms with Crippen LogP contribution in [0.3, 0.4) is 0 Å². The molecule has 2 aliphatic rings. The Morgan fingerprint density at radius 1 is 1.25 bits per heavy atom. The normalized spacial score (nSPS) is 31.9. The zero-order chi connectivity index (χ0) is 14.3. The summed E-state index contributed by atoms with van der Waals surface area (Å²) in [5.41, 5.74) is 2.77. The Morgan fingerprint density at radius 3 is 2.80 bits per heavy atom. The van der Waals surface area contributed by atoms with Crippen LogP contribution in [-0.2, 0) is 6.42 Å². The minimum Gasteiger partial charge on any atom is -0.497 e. The standard InChI is InChI=1S/C18H26O2/c1-18(2)10-4-5-14-16(18)9-7-12-6-8-13(20-3)11-15(12)17(14)19/h6,8,11,14,16-17,19H,4-5,7,9-10H2,1-3H3/t14-,16-,17?/m1/s1. The second kappa shape index (κ2) is 5.07. The molecule has 0 bridgehead atoms. The van der Waals surface area contributed by atoms with Crippen molar-refractivity contribution in [2.45, 2.75) is 52.1 Å². The smallest absolute Gasteiger partial charge is 0.119 e. The number of fused-ring (bicyclic) bond motifs is 2. The summed E-state index contributed by atoms with van der Waals surface area (Å²) >= 11 is 0. The average molecular weight is 274 g/mol. The maximum absolute atomic E-state index is 10.9. The molecule has 1 N–H and O–H groups in total. The Hall–Kier alpha value is -1.02. The van der Waals surface area contributed by atoms with Crippen LogP contribution in [0, 0.1) is 17.3 Å². The Labute approximate surface area is 122 Å². The van der Waals surface area contributed by atoms with Crippen molar-refractivity contribution < 1.29 is 9.84 Å². The van der Waals surface area contributed by atoms with Crippen LogP contribution in [0.5, 0.6) is 5.75 Å². The molecule has 1 aromatic carbocycles. The molecule has 20 heavy (non-hydrogen) atoms. The predicted molar refractivity (Wildman–Crippen MR) is 80.9 cm³/mol. The van der Waals surface area contributed by atoms with Crippen molar-refractivity contribution in [3.8, 4) is 5.75 Å².